The normalized spacial score (nSPS) is 17.9. The van der Waals surface area contributed by atoms with Crippen molar-refractivity contribution in [3.8, 4) is 5.75 Å². The third-order valence-electron chi connectivity index (χ3n) is 5.61. The topological polar surface area (TPSA) is 65.1 Å². The van der Waals surface area contributed by atoms with Crippen molar-refractivity contribution in [3.05, 3.63) is 51.2 Å². The van der Waals surface area contributed by atoms with Crippen LogP contribution in [0.4, 0.5) is 0 Å². The molecule has 6 nitrogen and oxygen atoms in total. The van der Waals surface area contributed by atoms with Gasteiger partial charge in [0.2, 0.25) is 0 Å². The van der Waals surface area contributed by atoms with Gasteiger partial charge in [0, 0.05) is 30.0 Å². The molecule has 7 heteroatoms. The highest BCUT2D eigenvalue weighted by Gasteiger charge is 2.42. The zero-order valence-electron chi connectivity index (χ0n) is 16.0. The van der Waals surface area contributed by atoms with E-state index in [1.54, 1.807) is 29.5 Å². The van der Waals surface area contributed by atoms with Crippen molar-refractivity contribution in [2.24, 2.45) is 0 Å². The van der Waals surface area contributed by atoms with Crippen LogP contribution in [0, 0.1) is 0 Å². The van der Waals surface area contributed by atoms with E-state index in [1.807, 2.05) is 4.90 Å². The minimum atomic E-state index is -0.494. The van der Waals surface area contributed by atoms with E-state index in [0.29, 0.717) is 30.0 Å². The van der Waals surface area contributed by atoms with E-state index in [0.717, 1.165) is 25.9 Å². The highest BCUT2D eigenvalue weighted by Crippen LogP contribution is 2.43. The number of likely N-dealkylation sites (tertiary alicyclic amines) is 1. The van der Waals surface area contributed by atoms with Gasteiger partial charge in [-0.05, 0) is 48.1 Å². The van der Waals surface area contributed by atoms with E-state index in [2.05, 4.69) is 11.4 Å². The van der Waals surface area contributed by atoms with Crippen LogP contribution < -0.4 is 4.74 Å². The van der Waals surface area contributed by atoms with Crippen LogP contribution in [0.5, 0.6) is 5.75 Å². The fraction of sp³-hybridized carbons (Fsp3) is 0.429. The van der Waals surface area contributed by atoms with Crippen LogP contribution in [0.1, 0.15) is 44.0 Å². The van der Waals surface area contributed by atoms with Crippen molar-refractivity contribution < 1.29 is 23.8 Å². The first kappa shape index (κ1) is 19.0. The molecule has 3 heterocycles. The molecule has 0 unspecified atom stereocenters. The van der Waals surface area contributed by atoms with Crippen LogP contribution in [-0.2, 0) is 21.5 Å². The molecule has 1 spiro atoms. The molecule has 2 aliphatic heterocycles. The minimum Gasteiger partial charge on any atom is -0.497 e. The second kappa shape index (κ2) is 7.56. The van der Waals surface area contributed by atoms with E-state index in [9.17, 15) is 9.59 Å². The van der Waals surface area contributed by atoms with Crippen LogP contribution in [0.2, 0.25) is 0 Å². The van der Waals surface area contributed by atoms with Gasteiger partial charge in [-0.3, -0.25) is 4.79 Å². The van der Waals surface area contributed by atoms with Crippen molar-refractivity contribution in [2.45, 2.75) is 24.9 Å². The number of ether oxygens (including phenoxy) is 3. The number of carbonyl (C=O) groups excluding carboxylic acids is 2. The molecule has 2 aliphatic rings. The smallest absolute Gasteiger partial charge is 0.338 e. The van der Waals surface area contributed by atoms with Crippen molar-refractivity contribution in [3.63, 3.8) is 0 Å². The first-order valence-electron chi connectivity index (χ1n) is 9.34. The summed E-state index contributed by atoms with van der Waals surface area (Å²) in [6.45, 7) is 1.96. The summed E-state index contributed by atoms with van der Waals surface area (Å²) in [5.74, 6) is -0.148. The third-order valence-corrected chi connectivity index (χ3v) is 6.59. The maximum Gasteiger partial charge on any atom is 0.338 e. The fourth-order valence-electron chi connectivity index (χ4n) is 4.10. The maximum atomic E-state index is 13.1. The molecule has 28 heavy (non-hydrogen) atoms. The minimum absolute atomic E-state index is 0.111. The average molecular weight is 401 g/mol. The quantitative estimate of drug-likeness (QED) is 0.739. The van der Waals surface area contributed by atoms with Gasteiger partial charge in [0.25, 0.3) is 5.91 Å². The Morgan fingerprint density at radius 1 is 1.14 bits per heavy atom. The molecule has 1 saturated heterocycles. The Hall–Kier alpha value is -2.38. The van der Waals surface area contributed by atoms with Gasteiger partial charge in [-0.2, -0.15) is 0 Å². The van der Waals surface area contributed by atoms with Crippen LogP contribution in [0.3, 0.4) is 0 Å². The number of benzene rings is 1. The summed E-state index contributed by atoms with van der Waals surface area (Å²) in [6.07, 6.45) is 2.52. The van der Waals surface area contributed by atoms with Crippen LogP contribution in [0.15, 0.2) is 29.6 Å². The van der Waals surface area contributed by atoms with Gasteiger partial charge in [-0.25, -0.2) is 4.79 Å². The number of nitrogens with zero attached hydrogens (tertiary/aromatic N) is 1. The number of piperidine rings is 1. The van der Waals surface area contributed by atoms with Crippen LogP contribution in [-0.4, -0.2) is 50.7 Å². The monoisotopic (exact) mass is 401 g/mol. The third kappa shape index (κ3) is 3.29. The molecule has 1 fully saturated rings. The van der Waals surface area contributed by atoms with E-state index in [1.165, 1.54) is 24.7 Å². The Morgan fingerprint density at radius 3 is 2.61 bits per heavy atom. The molecule has 148 valence electrons. The number of amides is 1. The van der Waals surface area contributed by atoms with Gasteiger partial charge < -0.3 is 19.1 Å². The molecule has 0 aliphatic carbocycles. The zero-order valence-corrected chi connectivity index (χ0v) is 16.8. The largest absolute Gasteiger partial charge is 0.497 e. The van der Waals surface area contributed by atoms with Crippen molar-refractivity contribution in [1.29, 1.82) is 0 Å². The highest BCUT2D eigenvalue weighted by molar-refractivity contribution is 7.10. The Morgan fingerprint density at radius 2 is 1.89 bits per heavy atom. The number of methoxy groups -OCH3 is 2. The van der Waals surface area contributed by atoms with E-state index in [-0.39, 0.29) is 11.5 Å². The Labute approximate surface area is 168 Å². The first-order chi connectivity index (χ1) is 13.6. The number of carbonyl (C=O) groups is 2. The van der Waals surface area contributed by atoms with E-state index >= 15 is 0 Å². The summed E-state index contributed by atoms with van der Waals surface area (Å²) in [5, 5.41) is 2.13. The van der Waals surface area contributed by atoms with Crippen LogP contribution >= 0.6 is 11.3 Å². The van der Waals surface area contributed by atoms with E-state index in [4.69, 9.17) is 14.2 Å². The lowest BCUT2D eigenvalue weighted by atomic mass is 9.82. The SMILES string of the molecule is COC(=O)c1cc(OC)cc(C(=O)N2CCC3(CC2)OCCc2sccc23)c1. The Kier molecular flexibility index (Phi) is 5.12. The van der Waals surface area contributed by atoms with Crippen molar-refractivity contribution in [1.82, 2.24) is 4.90 Å². The molecule has 1 aromatic carbocycles. The number of rotatable bonds is 3. The van der Waals surface area contributed by atoms with Gasteiger partial charge in [-0.1, -0.05) is 0 Å². The first-order valence-corrected chi connectivity index (χ1v) is 10.2. The maximum absolute atomic E-state index is 13.1. The van der Waals surface area contributed by atoms with Crippen molar-refractivity contribution in [2.75, 3.05) is 33.9 Å². The molecule has 4 rings (SSSR count). The lowest BCUT2D eigenvalue weighted by Gasteiger charge is -2.44. The second-order valence-electron chi connectivity index (χ2n) is 7.08. The van der Waals surface area contributed by atoms with Gasteiger partial charge in [0.15, 0.2) is 0 Å². The molecule has 0 radical (unpaired) electrons. The molecule has 1 aromatic heterocycles. The fourth-order valence-corrected chi connectivity index (χ4v) is 5.05. The standard InChI is InChI=1S/C21H23NO5S/c1-25-16-12-14(11-15(13-16)20(24)26-2)19(23)22-7-5-21(6-8-22)17-4-10-28-18(17)3-9-27-21/h4,10-13H,3,5-9H2,1-2H3. The number of hydrogen-bond acceptors (Lipinski definition) is 6. The molecule has 0 bridgehead atoms. The lowest BCUT2D eigenvalue weighted by molar-refractivity contribution is -0.0926. The molecule has 0 saturated carbocycles. The Bertz CT molecular complexity index is 898. The molecule has 2 aromatic rings. The summed E-state index contributed by atoms with van der Waals surface area (Å²) in [4.78, 5) is 28.2. The van der Waals surface area contributed by atoms with Gasteiger partial charge in [0.05, 0.1) is 32.0 Å². The van der Waals surface area contributed by atoms with Gasteiger partial charge in [0.1, 0.15) is 5.75 Å². The van der Waals surface area contributed by atoms with Gasteiger partial charge >= 0.3 is 5.97 Å². The lowest BCUT2D eigenvalue weighted by Crippen LogP contribution is -2.48. The summed E-state index contributed by atoms with van der Waals surface area (Å²) in [6, 6.07) is 6.96. The predicted molar refractivity (Wildman–Crippen MR) is 105 cm³/mol. The summed E-state index contributed by atoms with van der Waals surface area (Å²) >= 11 is 1.79. The molecule has 1 amide bonds. The number of fused-ring (bicyclic) bond motifs is 2. The second-order valence-corrected chi connectivity index (χ2v) is 8.08. The van der Waals surface area contributed by atoms with Crippen LogP contribution in [0.25, 0.3) is 0 Å². The molecular formula is C21H23NO5S. The zero-order chi connectivity index (χ0) is 19.7. The molecule has 0 N–H and O–H groups in total. The average Bonchev–Trinajstić information content (AvgIpc) is 3.23. The predicted octanol–water partition coefficient (Wildman–Crippen LogP) is 3.25. The number of thiophene rings is 1. The highest BCUT2D eigenvalue weighted by atomic mass is 32.1. The molecular weight excluding hydrogens is 378 g/mol. The number of esters is 1. The number of hydrogen-bond donors (Lipinski definition) is 0. The van der Waals surface area contributed by atoms with E-state index < -0.39 is 5.97 Å². The van der Waals surface area contributed by atoms with Crippen molar-refractivity contribution >= 4 is 23.2 Å². The summed E-state index contributed by atoms with van der Waals surface area (Å²) in [5.41, 5.74) is 1.76. The Balaban J connectivity index is 1.53. The summed E-state index contributed by atoms with van der Waals surface area (Å²) < 4.78 is 16.2. The molecule has 0 atom stereocenters. The summed E-state index contributed by atoms with van der Waals surface area (Å²) in [7, 11) is 2.82. The van der Waals surface area contributed by atoms with Gasteiger partial charge in [-0.15, -0.1) is 11.3 Å².